The lowest BCUT2D eigenvalue weighted by Gasteiger charge is -2.25. The number of benzene rings is 2. The van der Waals surface area contributed by atoms with Crippen LogP contribution >= 0.6 is 0 Å². The summed E-state index contributed by atoms with van der Waals surface area (Å²) in [6, 6.07) is 10.2. The van der Waals surface area contributed by atoms with Crippen LogP contribution in [0.15, 0.2) is 41.5 Å². The van der Waals surface area contributed by atoms with E-state index in [1.807, 2.05) is 32.0 Å². The summed E-state index contributed by atoms with van der Waals surface area (Å²) in [7, 11) is 0. The standard InChI is InChI=1S/C20H20N4O4/c1-12-7-8-13(2)18(11-12)23-19(25)10-9-16(22-23)20(26)21-15-5-4-6-17(14(15)3)24(27)28/h4-8,11H,9-10H2,1-3H3,(H,21,26). The van der Waals surface area contributed by atoms with Crippen molar-refractivity contribution in [1.82, 2.24) is 0 Å². The number of carbonyl (C=O) groups excluding carboxylic acids is 2. The molecule has 1 aliphatic heterocycles. The number of hydrogen-bond donors (Lipinski definition) is 1. The first-order chi connectivity index (χ1) is 13.3. The van der Waals surface area contributed by atoms with E-state index in [9.17, 15) is 19.7 Å². The molecule has 0 bridgehead atoms. The van der Waals surface area contributed by atoms with Crippen molar-refractivity contribution in [3.05, 3.63) is 63.2 Å². The molecular weight excluding hydrogens is 360 g/mol. The molecule has 1 aliphatic rings. The SMILES string of the molecule is Cc1ccc(C)c(N2N=C(C(=O)Nc3cccc([N+](=O)[O-])c3C)CCC2=O)c1. The quantitative estimate of drug-likeness (QED) is 0.646. The Bertz CT molecular complexity index is 1010. The molecule has 1 N–H and O–H groups in total. The van der Waals surface area contributed by atoms with E-state index in [4.69, 9.17) is 0 Å². The fourth-order valence-corrected chi connectivity index (χ4v) is 3.00. The number of anilines is 2. The van der Waals surface area contributed by atoms with Gasteiger partial charge in [0, 0.05) is 18.9 Å². The van der Waals surface area contributed by atoms with E-state index < -0.39 is 10.8 Å². The Kier molecular flexibility index (Phi) is 5.21. The Labute approximate surface area is 162 Å². The van der Waals surface area contributed by atoms with Crippen LogP contribution in [0.1, 0.15) is 29.5 Å². The van der Waals surface area contributed by atoms with Crippen molar-refractivity contribution in [3.63, 3.8) is 0 Å². The van der Waals surface area contributed by atoms with Gasteiger partial charge in [-0.1, -0.05) is 18.2 Å². The van der Waals surface area contributed by atoms with E-state index >= 15 is 0 Å². The van der Waals surface area contributed by atoms with Crippen LogP contribution in [0.3, 0.4) is 0 Å². The van der Waals surface area contributed by atoms with Crippen LogP contribution in [-0.2, 0) is 9.59 Å². The lowest BCUT2D eigenvalue weighted by Crippen LogP contribution is -2.36. The summed E-state index contributed by atoms with van der Waals surface area (Å²) in [5.74, 6) is -0.664. The number of nitro benzene ring substituents is 1. The zero-order valence-electron chi connectivity index (χ0n) is 15.9. The van der Waals surface area contributed by atoms with E-state index in [1.165, 1.54) is 17.1 Å². The van der Waals surface area contributed by atoms with Crippen LogP contribution < -0.4 is 10.3 Å². The van der Waals surface area contributed by atoms with Gasteiger partial charge in [0.15, 0.2) is 0 Å². The summed E-state index contributed by atoms with van der Waals surface area (Å²) in [6.45, 7) is 5.36. The molecule has 8 nitrogen and oxygen atoms in total. The molecule has 0 aliphatic carbocycles. The third-order valence-electron chi connectivity index (χ3n) is 4.64. The molecule has 0 radical (unpaired) electrons. The number of nitrogens with one attached hydrogen (secondary N) is 1. The third kappa shape index (κ3) is 3.75. The van der Waals surface area contributed by atoms with Gasteiger partial charge in [-0.25, -0.2) is 5.01 Å². The molecule has 0 saturated heterocycles. The molecule has 0 atom stereocenters. The van der Waals surface area contributed by atoms with Crippen molar-refractivity contribution >= 4 is 34.6 Å². The summed E-state index contributed by atoms with van der Waals surface area (Å²) >= 11 is 0. The monoisotopic (exact) mass is 380 g/mol. The van der Waals surface area contributed by atoms with Gasteiger partial charge in [0.2, 0.25) is 5.91 Å². The topological polar surface area (TPSA) is 105 Å². The van der Waals surface area contributed by atoms with Crippen LogP contribution in [0.2, 0.25) is 0 Å². The lowest BCUT2D eigenvalue weighted by atomic mass is 10.1. The highest BCUT2D eigenvalue weighted by atomic mass is 16.6. The highest BCUT2D eigenvalue weighted by molar-refractivity contribution is 6.44. The van der Waals surface area contributed by atoms with Crippen LogP contribution in [0.4, 0.5) is 17.1 Å². The fraction of sp³-hybridized carbons (Fsp3) is 0.250. The molecule has 0 saturated carbocycles. The minimum absolute atomic E-state index is 0.0735. The van der Waals surface area contributed by atoms with E-state index in [2.05, 4.69) is 10.4 Å². The van der Waals surface area contributed by atoms with Crippen molar-refractivity contribution in [2.24, 2.45) is 5.10 Å². The molecule has 3 rings (SSSR count). The Balaban J connectivity index is 1.90. The van der Waals surface area contributed by atoms with Gasteiger partial charge in [-0.05, 0) is 44.0 Å². The largest absolute Gasteiger partial charge is 0.320 e. The van der Waals surface area contributed by atoms with E-state index in [1.54, 1.807) is 13.0 Å². The van der Waals surface area contributed by atoms with Gasteiger partial charge in [-0.2, -0.15) is 5.10 Å². The summed E-state index contributed by atoms with van der Waals surface area (Å²) in [6.07, 6.45) is 0.369. The highest BCUT2D eigenvalue weighted by Gasteiger charge is 2.27. The van der Waals surface area contributed by atoms with Crippen LogP contribution in [-0.4, -0.2) is 22.4 Å². The van der Waals surface area contributed by atoms with Crippen LogP contribution in [0, 0.1) is 30.9 Å². The van der Waals surface area contributed by atoms with Gasteiger partial charge in [-0.3, -0.25) is 19.7 Å². The zero-order chi connectivity index (χ0) is 20.4. The summed E-state index contributed by atoms with van der Waals surface area (Å²) in [5, 5.41) is 19.3. The first-order valence-electron chi connectivity index (χ1n) is 8.81. The molecule has 2 amide bonds. The lowest BCUT2D eigenvalue weighted by molar-refractivity contribution is -0.385. The summed E-state index contributed by atoms with van der Waals surface area (Å²) in [5.41, 5.74) is 3.33. The second kappa shape index (κ2) is 7.59. The number of nitrogens with zero attached hydrogens (tertiary/aromatic N) is 3. The second-order valence-electron chi connectivity index (χ2n) is 6.70. The predicted molar refractivity (Wildman–Crippen MR) is 107 cm³/mol. The maximum atomic E-state index is 12.7. The second-order valence-corrected chi connectivity index (χ2v) is 6.70. The van der Waals surface area contributed by atoms with Gasteiger partial charge in [0.05, 0.1) is 21.9 Å². The summed E-state index contributed by atoms with van der Waals surface area (Å²) < 4.78 is 0. The Morgan fingerprint density at radius 2 is 1.93 bits per heavy atom. The van der Waals surface area contributed by atoms with Crippen molar-refractivity contribution < 1.29 is 14.5 Å². The van der Waals surface area contributed by atoms with Crippen molar-refractivity contribution in [2.75, 3.05) is 10.3 Å². The normalized spacial score (nSPS) is 13.9. The van der Waals surface area contributed by atoms with Crippen molar-refractivity contribution in [3.8, 4) is 0 Å². The number of hydrogen-bond acceptors (Lipinski definition) is 5. The van der Waals surface area contributed by atoms with E-state index in [-0.39, 0.29) is 30.1 Å². The number of rotatable bonds is 4. The maximum Gasteiger partial charge on any atom is 0.274 e. The third-order valence-corrected chi connectivity index (χ3v) is 4.64. The van der Waals surface area contributed by atoms with Gasteiger partial charge < -0.3 is 5.32 Å². The molecular formula is C20H20N4O4. The van der Waals surface area contributed by atoms with Crippen LogP contribution in [0.25, 0.3) is 0 Å². The Morgan fingerprint density at radius 1 is 1.18 bits per heavy atom. The number of amides is 2. The fourth-order valence-electron chi connectivity index (χ4n) is 3.00. The minimum Gasteiger partial charge on any atom is -0.320 e. The first kappa shape index (κ1) is 19.2. The molecule has 0 aromatic heterocycles. The van der Waals surface area contributed by atoms with Gasteiger partial charge in [-0.15, -0.1) is 0 Å². The molecule has 2 aromatic rings. The maximum absolute atomic E-state index is 12.7. The number of nitro groups is 1. The average molecular weight is 380 g/mol. The Hall–Kier alpha value is -3.55. The average Bonchev–Trinajstić information content (AvgIpc) is 2.65. The summed E-state index contributed by atoms with van der Waals surface area (Å²) in [4.78, 5) is 35.6. The van der Waals surface area contributed by atoms with Crippen LogP contribution in [0.5, 0.6) is 0 Å². The van der Waals surface area contributed by atoms with Crippen molar-refractivity contribution in [1.29, 1.82) is 0 Å². The van der Waals surface area contributed by atoms with E-state index in [0.717, 1.165) is 11.1 Å². The molecule has 28 heavy (non-hydrogen) atoms. The number of aryl methyl sites for hydroxylation is 2. The molecule has 0 fully saturated rings. The molecule has 8 heteroatoms. The number of carbonyl (C=O) groups is 2. The number of hydrazone groups is 1. The molecule has 0 unspecified atom stereocenters. The van der Waals surface area contributed by atoms with Gasteiger partial charge >= 0.3 is 0 Å². The van der Waals surface area contributed by atoms with Crippen molar-refractivity contribution in [2.45, 2.75) is 33.6 Å². The molecule has 0 spiro atoms. The zero-order valence-corrected chi connectivity index (χ0v) is 15.9. The smallest absolute Gasteiger partial charge is 0.274 e. The molecule has 144 valence electrons. The highest BCUT2D eigenvalue weighted by Crippen LogP contribution is 2.27. The Morgan fingerprint density at radius 3 is 2.64 bits per heavy atom. The molecule has 1 heterocycles. The predicted octanol–water partition coefficient (Wildman–Crippen LogP) is 3.64. The van der Waals surface area contributed by atoms with Gasteiger partial charge in [0.1, 0.15) is 5.71 Å². The van der Waals surface area contributed by atoms with E-state index in [0.29, 0.717) is 16.9 Å². The molecule has 2 aromatic carbocycles. The first-order valence-corrected chi connectivity index (χ1v) is 8.81. The minimum atomic E-state index is -0.496. The van der Waals surface area contributed by atoms with Gasteiger partial charge in [0.25, 0.3) is 11.6 Å².